The summed E-state index contributed by atoms with van der Waals surface area (Å²) in [5.74, 6) is -1.52. The summed E-state index contributed by atoms with van der Waals surface area (Å²) in [5, 5.41) is 3.17. The lowest BCUT2D eigenvalue weighted by Gasteiger charge is -2.08. The Hall–Kier alpha value is -1.88. The zero-order chi connectivity index (χ0) is 12.4. The molecule has 0 unspecified atom stereocenters. The molecule has 0 saturated carbocycles. The second-order valence-electron chi connectivity index (χ2n) is 3.35. The lowest BCUT2D eigenvalue weighted by atomic mass is 10.3. The first kappa shape index (κ1) is 11.6. The minimum Gasteiger partial charge on any atom is -0.396 e. The summed E-state index contributed by atoms with van der Waals surface area (Å²) in [6.45, 7) is 0. The van der Waals surface area contributed by atoms with Gasteiger partial charge in [-0.2, -0.15) is 0 Å². The molecule has 2 aromatic rings. The van der Waals surface area contributed by atoms with Crippen LogP contribution in [0.2, 0.25) is 5.02 Å². The molecule has 0 fully saturated rings. The fraction of sp³-hybridized carbons (Fsp3) is 0. The Morgan fingerprint density at radius 3 is 2.59 bits per heavy atom. The smallest absolute Gasteiger partial charge is 0.160 e. The number of hydrogen-bond donors (Lipinski definition) is 2. The first-order valence-electron chi connectivity index (χ1n) is 4.69. The van der Waals surface area contributed by atoms with Crippen LogP contribution in [0, 0.1) is 11.6 Å². The molecule has 3 nitrogen and oxygen atoms in total. The monoisotopic (exact) mass is 255 g/mol. The number of rotatable bonds is 2. The molecule has 6 heteroatoms. The van der Waals surface area contributed by atoms with E-state index in [2.05, 4.69) is 10.3 Å². The zero-order valence-electron chi connectivity index (χ0n) is 8.55. The van der Waals surface area contributed by atoms with Crippen molar-refractivity contribution in [2.75, 3.05) is 11.1 Å². The molecule has 2 rings (SSSR count). The van der Waals surface area contributed by atoms with Gasteiger partial charge in [-0.3, -0.25) is 0 Å². The van der Waals surface area contributed by atoms with Gasteiger partial charge < -0.3 is 11.1 Å². The third-order valence-corrected chi connectivity index (χ3v) is 2.27. The lowest BCUT2D eigenvalue weighted by Crippen LogP contribution is -1.99. The highest BCUT2D eigenvalue weighted by atomic mass is 35.5. The summed E-state index contributed by atoms with van der Waals surface area (Å²) in [4.78, 5) is 3.94. The van der Waals surface area contributed by atoms with Crippen molar-refractivity contribution in [2.45, 2.75) is 0 Å². The van der Waals surface area contributed by atoms with Crippen LogP contribution in [-0.4, -0.2) is 4.98 Å². The van der Waals surface area contributed by atoms with Crippen LogP contribution >= 0.6 is 11.6 Å². The van der Waals surface area contributed by atoms with Crippen molar-refractivity contribution in [3.63, 3.8) is 0 Å². The molecule has 0 amide bonds. The highest BCUT2D eigenvalue weighted by Crippen LogP contribution is 2.24. The van der Waals surface area contributed by atoms with Crippen LogP contribution in [0.4, 0.5) is 26.0 Å². The number of nitrogens with two attached hydrogens (primary N) is 1. The number of aromatic nitrogens is 1. The second-order valence-corrected chi connectivity index (χ2v) is 3.78. The van der Waals surface area contributed by atoms with Gasteiger partial charge in [-0.15, -0.1) is 0 Å². The van der Waals surface area contributed by atoms with Gasteiger partial charge in [0, 0.05) is 18.0 Å². The average molecular weight is 256 g/mol. The summed E-state index contributed by atoms with van der Waals surface area (Å²) >= 11 is 5.69. The van der Waals surface area contributed by atoms with E-state index in [0.717, 1.165) is 12.1 Å². The summed E-state index contributed by atoms with van der Waals surface area (Å²) in [5.41, 5.74) is 6.33. The van der Waals surface area contributed by atoms with Crippen LogP contribution in [-0.2, 0) is 0 Å². The Morgan fingerprint density at radius 2 is 1.94 bits per heavy atom. The number of nitrogen functional groups attached to an aromatic ring is 1. The summed E-state index contributed by atoms with van der Waals surface area (Å²) in [6.07, 6.45) is 1.40. The Morgan fingerprint density at radius 1 is 1.18 bits per heavy atom. The number of anilines is 3. The van der Waals surface area contributed by atoms with E-state index in [1.165, 1.54) is 18.3 Å². The first-order valence-corrected chi connectivity index (χ1v) is 5.07. The molecular formula is C11H8ClF2N3. The van der Waals surface area contributed by atoms with Gasteiger partial charge in [-0.25, -0.2) is 13.8 Å². The highest BCUT2D eigenvalue weighted by molar-refractivity contribution is 6.30. The second kappa shape index (κ2) is 4.55. The molecule has 17 heavy (non-hydrogen) atoms. The fourth-order valence-electron chi connectivity index (χ4n) is 1.27. The first-order chi connectivity index (χ1) is 8.06. The van der Waals surface area contributed by atoms with Crippen molar-refractivity contribution < 1.29 is 8.78 Å². The van der Waals surface area contributed by atoms with Crippen molar-refractivity contribution in [3.05, 3.63) is 47.1 Å². The largest absolute Gasteiger partial charge is 0.396 e. The molecule has 1 aromatic heterocycles. The van der Waals surface area contributed by atoms with Crippen LogP contribution in [0.5, 0.6) is 0 Å². The van der Waals surface area contributed by atoms with Gasteiger partial charge in [-0.1, -0.05) is 11.6 Å². The van der Waals surface area contributed by atoms with Gasteiger partial charge in [-0.05, 0) is 18.2 Å². The molecular weight excluding hydrogens is 248 g/mol. The third kappa shape index (κ3) is 2.62. The van der Waals surface area contributed by atoms with Gasteiger partial charge in [0.1, 0.15) is 0 Å². The summed E-state index contributed by atoms with van der Waals surface area (Å²) in [7, 11) is 0. The zero-order valence-corrected chi connectivity index (χ0v) is 9.30. The van der Waals surface area contributed by atoms with Gasteiger partial charge >= 0.3 is 0 Å². The Labute approximate surface area is 101 Å². The molecule has 0 bridgehead atoms. The molecule has 1 heterocycles. The number of hydrogen-bond acceptors (Lipinski definition) is 3. The van der Waals surface area contributed by atoms with Crippen LogP contribution in [0.15, 0.2) is 30.5 Å². The van der Waals surface area contributed by atoms with Crippen LogP contribution in [0.3, 0.4) is 0 Å². The molecule has 0 saturated heterocycles. The normalized spacial score (nSPS) is 10.3. The summed E-state index contributed by atoms with van der Waals surface area (Å²) in [6, 6.07) is 4.93. The molecule has 88 valence electrons. The van der Waals surface area contributed by atoms with Gasteiger partial charge in [0.25, 0.3) is 0 Å². The minimum absolute atomic E-state index is 0.322. The van der Waals surface area contributed by atoms with Crippen molar-refractivity contribution in [1.82, 2.24) is 4.98 Å². The van der Waals surface area contributed by atoms with E-state index in [-0.39, 0.29) is 0 Å². The topological polar surface area (TPSA) is 50.9 Å². The van der Waals surface area contributed by atoms with Gasteiger partial charge in [0.2, 0.25) is 0 Å². The van der Waals surface area contributed by atoms with Crippen LogP contribution in [0.25, 0.3) is 0 Å². The predicted octanol–water partition coefficient (Wildman–Crippen LogP) is 3.34. The maximum atomic E-state index is 13.0. The van der Waals surface area contributed by atoms with Crippen LogP contribution in [0.1, 0.15) is 0 Å². The Balaban J connectivity index is 2.28. The number of halogens is 3. The van der Waals surface area contributed by atoms with E-state index >= 15 is 0 Å². The SMILES string of the molecule is Nc1cc(Cl)cnc1Nc1ccc(F)c(F)c1. The van der Waals surface area contributed by atoms with Crippen LogP contribution < -0.4 is 11.1 Å². The molecule has 0 atom stereocenters. The number of nitrogens with zero attached hydrogens (tertiary/aromatic N) is 1. The quantitative estimate of drug-likeness (QED) is 0.865. The number of pyridine rings is 1. The predicted molar refractivity (Wildman–Crippen MR) is 63.3 cm³/mol. The standard InChI is InChI=1S/C11H8ClF2N3/c12-6-3-10(15)11(16-5-6)17-7-1-2-8(13)9(14)4-7/h1-5H,15H2,(H,16,17). The molecule has 1 aromatic carbocycles. The molecule has 0 aliphatic rings. The third-order valence-electron chi connectivity index (χ3n) is 2.07. The molecule has 0 aliphatic carbocycles. The van der Waals surface area contributed by atoms with Crippen molar-refractivity contribution in [3.8, 4) is 0 Å². The lowest BCUT2D eigenvalue weighted by molar-refractivity contribution is 0.509. The Kier molecular flexibility index (Phi) is 3.10. The molecule has 3 N–H and O–H groups in total. The van der Waals surface area contributed by atoms with E-state index in [1.807, 2.05) is 0 Å². The summed E-state index contributed by atoms with van der Waals surface area (Å²) < 4.78 is 25.7. The van der Waals surface area contributed by atoms with E-state index in [1.54, 1.807) is 0 Å². The van der Waals surface area contributed by atoms with E-state index in [9.17, 15) is 8.78 Å². The molecule has 0 radical (unpaired) electrons. The fourth-order valence-corrected chi connectivity index (χ4v) is 1.44. The molecule has 0 spiro atoms. The maximum absolute atomic E-state index is 13.0. The van der Waals surface area contributed by atoms with Crippen molar-refractivity contribution in [1.29, 1.82) is 0 Å². The van der Waals surface area contributed by atoms with E-state index in [0.29, 0.717) is 22.2 Å². The van der Waals surface area contributed by atoms with Crippen molar-refractivity contribution >= 4 is 28.8 Å². The minimum atomic E-state index is -0.942. The Bertz CT molecular complexity index is 560. The number of nitrogens with one attached hydrogen (secondary N) is 1. The average Bonchev–Trinajstić information content (AvgIpc) is 2.27. The maximum Gasteiger partial charge on any atom is 0.160 e. The van der Waals surface area contributed by atoms with E-state index in [4.69, 9.17) is 17.3 Å². The van der Waals surface area contributed by atoms with Gasteiger partial charge in [0.05, 0.1) is 10.7 Å². The highest BCUT2D eigenvalue weighted by Gasteiger charge is 2.05. The van der Waals surface area contributed by atoms with Crippen molar-refractivity contribution in [2.24, 2.45) is 0 Å². The van der Waals surface area contributed by atoms with Gasteiger partial charge in [0.15, 0.2) is 17.5 Å². The van der Waals surface area contributed by atoms with E-state index < -0.39 is 11.6 Å². The number of benzene rings is 1. The molecule has 0 aliphatic heterocycles.